The van der Waals surface area contributed by atoms with Gasteiger partial charge in [0.1, 0.15) is 11.6 Å². The van der Waals surface area contributed by atoms with E-state index < -0.39 is 6.10 Å². The van der Waals surface area contributed by atoms with Gasteiger partial charge in [-0.15, -0.1) is 0 Å². The Morgan fingerprint density at radius 2 is 1.95 bits per heavy atom. The topological polar surface area (TPSA) is 37.3 Å². The summed E-state index contributed by atoms with van der Waals surface area (Å²) in [5, 5.41) is 9.71. The summed E-state index contributed by atoms with van der Waals surface area (Å²) < 4.78 is 12.7. The highest BCUT2D eigenvalue weighted by Crippen LogP contribution is 2.10. The minimum absolute atomic E-state index is 0.0772. The molecule has 0 aliphatic rings. The maximum atomic E-state index is 12.7. The third-order valence-electron chi connectivity index (χ3n) is 3.21. The molecule has 0 saturated carbocycles. The summed E-state index contributed by atoms with van der Waals surface area (Å²) in [7, 11) is 0. The van der Waals surface area contributed by atoms with Crippen LogP contribution in [0.4, 0.5) is 4.39 Å². The van der Waals surface area contributed by atoms with Crippen LogP contribution >= 0.6 is 0 Å². The maximum absolute atomic E-state index is 12.7. The Morgan fingerprint density at radius 3 is 2.58 bits per heavy atom. The van der Waals surface area contributed by atoms with E-state index in [0.717, 1.165) is 24.8 Å². The lowest BCUT2D eigenvalue weighted by Crippen LogP contribution is -2.13. The maximum Gasteiger partial charge on any atom is 0.135 e. The lowest BCUT2D eigenvalue weighted by Gasteiger charge is -2.09. The number of aliphatic hydroxyl groups excluding tert-OH is 1. The van der Waals surface area contributed by atoms with Gasteiger partial charge in [-0.3, -0.25) is 4.79 Å². The van der Waals surface area contributed by atoms with Crippen molar-refractivity contribution in [1.29, 1.82) is 0 Å². The van der Waals surface area contributed by atoms with Crippen LogP contribution in [0.5, 0.6) is 0 Å². The molecule has 1 unspecified atom stereocenters. The predicted octanol–water partition coefficient (Wildman–Crippen LogP) is 3.66. The molecule has 3 heteroatoms. The molecule has 1 aromatic carbocycles. The molecule has 1 rings (SSSR count). The second-order valence-corrected chi connectivity index (χ2v) is 5.02. The van der Waals surface area contributed by atoms with Gasteiger partial charge in [0.15, 0.2) is 0 Å². The summed E-state index contributed by atoms with van der Waals surface area (Å²) in [6.45, 7) is 2.11. The van der Waals surface area contributed by atoms with Gasteiger partial charge in [0.2, 0.25) is 0 Å². The quantitative estimate of drug-likeness (QED) is 0.693. The molecule has 19 heavy (non-hydrogen) atoms. The molecule has 0 aromatic heterocycles. The standard InChI is InChI=1S/C16H23FO2/c1-2-3-4-5-15(18)12-16(19)11-8-13-6-9-14(17)10-7-13/h6-7,9-10,15,18H,2-5,8,11-12H2,1H3. The van der Waals surface area contributed by atoms with Crippen molar-refractivity contribution in [3.05, 3.63) is 35.6 Å². The van der Waals surface area contributed by atoms with Crippen LogP contribution < -0.4 is 0 Å². The SMILES string of the molecule is CCCCCC(O)CC(=O)CCc1ccc(F)cc1. The first-order valence-corrected chi connectivity index (χ1v) is 7.06. The lowest BCUT2D eigenvalue weighted by atomic mass is 10.0. The molecule has 0 saturated heterocycles. The molecule has 0 radical (unpaired) electrons. The van der Waals surface area contributed by atoms with Gasteiger partial charge in [-0.1, -0.05) is 38.3 Å². The summed E-state index contributed by atoms with van der Waals surface area (Å²) in [5.74, 6) is -0.185. The number of hydrogen-bond donors (Lipinski definition) is 1. The average Bonchev–Trinajstić information content (AvgIpc) is 2.38. The lowest BCUT2D eigenvalue weighted by molar-refractivity contribution is -0.121. The largest absolute Gasteiger partial charge is 0.393 e. The number of aliphatic hydroxyl groups is 1. The van der Waals surface area contributed by atoms with Crippen LogP contribution in [0.15, 0.2) is 24.3 Å². The molecule has 0 amide bonds. The van der Waals surface area contributed by atoms with Gasteiger partial charge >= 0.3 is 0 Å². The first-order valence-electron chi connectivity index (χ1n) is 7.06. The second kappa shape index (κ2) is 8.81. The van der Waals surface area contributed by atoms with E-state index >= 15 is 0 Å². The molecule has 0 heterocycles. The van der Waals surface area contributed by atoms with Gasteiger partial charge in [-0.05, 0) is 30.5 Å². The second-order valence-electron chi connectivity index (χ2n) is 5.02. The van der Waals surface area contributed by atoms with Crippen LogP contribution in [0.2, 0.25) is 0 Å². The Labute approximate surface area is 114 Å². The van der Waals surface area contributed by atoms with Gasteiger partial charge in [-0.2, -0.15) is 0 Å². The molecule has 1 atom stereocenters. The Bertz CT molecular complexity index is 373. The van der Waals surface area contributed by atoms with Crippen LogP contribution in [0.1, 0.15) is 51.0 Å². The van der Waals surface area contributed by atoms with Crippen LogP contribution in [-0.4, -0.2) is 17.0 Å². The Morgan fingerprint density at radius 1 is 1.26 bits per heavy atom. The Kier molecular flexibility index (Phi) is 7.34. The molecular weight excluding hydrogens is 243 g/mol. The number of ketones is 1. The zero-order chi connectivity index (χ0) is 14.1. The number of carbonyl (C=O) groups is 1. The molecule has 0 bridgehead atoms. The zero-order valence-electron chi connectivity index (χ0n) is 11.6. The Balaban J connectivity index is 2.22. The number of rotatable bonds is 9. The monoisotopic (exact) mass is 266 g/mol. The minimum atomic E-state index is -0.507. The number of hydrogen-bond acceptors (Lipinski definition) is 2. The molecule has 106 valence electrons. The molecule has 0 spiro atoms. The Hall–Kier alpha value is -1.22. The summed E-state index contributed by atoms with van der Waals surface area (Å²) in [4.78, 5) is 11.7. The van der Waals surface area contributed by atoms with Gasteiger partial charge in [0, 0.05) is 12.8 Å². The number of carbonyl (C=O) groups excluding carboxylic acids is 1. The van der Waals surface area contributed by atoms with E-state index in [9.17, 15) is 14.3 Å². The number of aryl methyl sites for hydroxylation is 1. The van der Waals surface area contributed by atoms with Crippen LogP contribution in [0.25, 0.3) is 0 Å². The van der Waals surface area contributed by atoms with E-state index in [2.05, 4.69) is 6.92 Å². The van der Waals surface area contributed by atoms with E-state index in [-0.39, 0.29) is 18.0 Å². The first kappa shape index (κ1) is 15.8. The van der Waals surface area contributed by atoms with Crippen molar-refractivity contribution >= 4 is 5.78 Å². The van der Waals surface area contributed by atoms with Crippen LogP contribution in [0, 0.1) is 5.82 Å². The summed E-state index contributed by atoms with van der Waals surface area (Å²) >= 11 is 0. The van der Waals surface area contributed by atoms with Crippen molar-refractivity contribution < 1.29 is 14.3 Å². The predicted molar refractivity (Wildman–Crippen MR) is 74.5 cm³/mol. The van der Waals surface area contributed by atoms with Gasteiger partial charge in [0.05, 0.1) is 6.10 Å². The third-order valence-corrected chi connectivity index (χ3v) is 3.21. The van der Waals surface area contributed by atoms with Crippen molar-refractivity contribution in [3.63, 3.8) is 0 Å². The van der Waals surface area contributed by atoms with Crippen LogP contribution in [0.3, 0.4) is 0 Å². The van der Waals surface area contributed by atoms with E-state index in [0.29, 0.717) is 19.3 Å². The smallest absolute Gasteiger partial charge is 0.135 e. The fourth-order valence-corrected chi connectivity index (χ4v) is 2.03. The molecule has 0 aliphatic carbocycles. The fourth-order valence-electron chi connectivity index (χ4n) is 2.03. The summed E-state index contributed by atoms with van der Waals surface area (Å²) in [5.41, 5.74) is 0.954. The van der Waals surface area contributed by atoms with E-state index in [1.165, 1.54) is 12.1 Å². The number of benzene rings is 1. The molecule has 2 nitrogen and oxygen atoms in total. The van der Waals surface area contributed by atoms with Crippen molar-refractivity contribution in [2.75, 3.05) is 0 Å². The summed E-state index contributed by atoms with van der Waals surface area (Å²) in [6, 6.07) is 6.19. The van der Waals surface area contributed by atoms with Gasteiger partial charge in [0.25, 0.3) is 0 Å². The fraction of sp³-hybridized carbons (Fsp3) is 0.562. The number of halogens is 1. The highest BCUT2D eigenvalue weighted by atomic mass is 19.1. The molecule has 1 N–H and O–H groups in total. The molecule has 1 aromatic rings. The molecular formula is C16H23FO2. The van der Waals surface area contributed by atoms with Crippen molar-refractivity contribution in [3.8, 4) is 0 Å². The minimum Gasteiger partial charge on any atom is -0.393 e. The zero-order valence-corrected chi connectivity index (χ0v) is 11.6. The van der Waals surface area contributed by atoms with E-state index in [1.807, 2.05) is 0 Å². The molecule has 0 fully saturated rings. The number of unbranched alkanes of at least 4 members (excludes halogenated alkanes) is 2. The average molecular weight is 266 g/mol. The van der Waals surface area contributed by atoms with Crippen molar-refractivity contribution in [2.45, 2.75) is 58.0 Å². The van der Waals surface area contributed by atoms with Gasteiger partial charge in [-0.25, -0.2) is 4.39 Å². The van der Waals surface area contributed by atoms with Gasteiger partial charge < -0.3 is 5.11 Å². The molecule has 0 aliphatic heterocycles. The third kappa shape index (κ3) is 7.06. The first-order chi connectivity index (χ1) is 9.11. The summed E-state index contributed by atoms with van der Waals surface area (Å²) in [6.07, 6.45) is 4.65. The normalized spacial score (nSPS) is 12.4. The number of Topliss-reactive ketones (excluding diaryl/α,β-unsaturated/α-hetero) is 1. The van der Waals surface area contributed by atoms with Crippen molar-refractivity contribution in [1.82, 2.24) is 0 Å². The van der Waals surface area contributed by atoms with Crippen molar-refractivity contribution in [2.24, 2.45) is 0 Å². The van der Waals surface area contributed by atoms with E-state index in [4.69, 9.17) is 0 Å². The van der Waals surface area contributed by atoms with E-state index in [1.54, 1.807) is 12.1 Å². The highest BCUT2D eigenvalue weighted by Gasteiger charge is 2.10. The van der Waals surface area contributed by atoms with Crippen LogP contribution in [-0.2, 0) is 11.2 Å². The highest BCUT2D eigenvalue weighted by molar-refractivity contribution is 5.79.